The molecule has 2 rings (SSSR count). The Morgan fingerprint density at radius 1 is 1.17 bits per heavy atom. The fraction of sp³-hybridized carbons (Fsp3) is 0.211. The molecule has 0 bridgehead atoms. The minimum absolute atomic E-state index is 0.0401. The summed E-state index contributed by atoms with van der Waals surface area (Å²) in [5.74, 6) is -1.47. The third-order valence-electron chi connectivity index (χ3n) is 3.88. The number of nitrogens with one attached hydrogen (secondary N) is 1. The fourth-order valence-electron chi connectivity index (χ4n) is 2.22. The number of hydrogen-bond acceptors (Lipinski definition) is 7. The van der Waals surface area contributed by atoms with Gasteiger partial charge in [0.25, 0.3) is 15.9 Å². The second-order valence-electron chi connectivity index (χ2n) is 5.85. The Morgan fingerprint density at radius 2 is 1.86 bits per heavy atom. The molecule has 1 amide bonds. The van der Waals surface area contributed by atoms with Crippen LogP contribution in [0, 0.1) is 11.3 Å². The van der Waals surface area contributed by atoms with Crippen LogP contribution in [0.15, 0.2) is 53.4 Å². The van der Waals surface area contributed by atoms with Gasteiger partial charge in [0.1, 0.15) is 0 Å². The van der Waals surface area contributed by atoms with Crippen molar-refractivity contribution in [1.82, 2.24) is 4.47 Å². The van der Waals surface area contributed by atoms with Gasteiger partial charge in [-0.3, -0.25) is 9.63 Å². The lowest BCUT2D eigenvalue weighted by Gasteiger charge is -2.16. The highest BCUT2D eigenvalue weighted by atomic mass is 32.2. The number of hydroxylamine groups is 1. The molecular formula is C19H19N3O6S. The second-order valence-corrected chi connectivity index (χ2v) is 7.79. The van der Waals surface area contributed by atoms with Crippen LogP contribution in [0.4, 0.5) is 5.69 Å². The third-order valence-corrected chi connectivity index (χ3v) is 5.55. The van der Waals surface area contributed by atoms with E-state index in [1.165, 1.54) is 45.3 Å². The molecule has 0 saturated carbocycles. The van der Waals surface area contributed by atoms with Crippen molar-refractivity contribution >= 4 is 27.6 Å². The molecule has 0 aromatic heterocycles. The maximum absolute atomic E-state index is 12.3. The van der Waals surface area contributed by atoms with Crippen LogP contribution in [-0.4, -0.2) is 45.0 Å². The Bertz CT molecular complexity index is 1060. The molecule has 0 saturated heterocycles. The van der Waals surface area contributed by atoms with Crippen molar-refractivity contribution in [2.45, 2.75) is 17.9 Å². The highest BCUT2D eigenvalue weighted by molar-refractivity contribution is 7.89. The van der Waals surface area contributed by atoms with Gasteiger partial charge in [0.05, 0.1) is 29.2 Å². The number of carbonyl (C=O) groups excluding carboxylic acids is 2. The van der Waals surface area contributed by atoms with Crippen LogP contribution in [0.25, 0.3) is 0 Å². The Hall–Kier alpha value is -3.26. The van der Waals surface area contributed by atoms with Gasteiger partial charge in [-0.2, -0.15) is 5.26 Å². The van der Waals surface area contributed by atoms with Crippen LogP contribution in [0.1, 0.15) is 22.8 Å². The van der Waals surface area contributed by atoms with Gasteiger partial charge in [0.2, 0.25) is 0 Å². The zero-order chi connectivity index (χ0) is 21.6. The number of rotatable bonds is 7. The van der Waals surface area contributed by atoms with E-state index >= 15 is 0 Å². The van der Waals surface area contributed by atoms with E-state index in [-0.39, 0.29) is 10.5 Å². The number of nitriles is 1. The van der Waals surface area contributed by atoms with E-state index in [4.69, 9.17) is 14.8 Å². The molecule has 152 valence electrons. The molecule has 0 spiro atoms. The SMILES string of the molecule is CON(C)S(=O)(=O)c1cccc(C(=O)O[C@@H](C)C(=O)Nc2cccc(C#N)c2)c1. The molecule has 29 heavy (non-hydrogen) atoms. The lowest BCUT2D eigenvalue weighted by atomic mass is 10.2. The van der Waals surface area contributed by atoms with Gasteiger partial charge in [0, 0.05) is 12.7 Å². The maximum Gasteiger partial charge on any atom is 0.338 e. The van der Waals surface area contributed by atoms with E-state index in [1.807, 2.05) is 6.07 Å². The summed E-state index contributed by atoms with van der Waals surface area (Å²) in [4.78, 5) is 29.1. The van der Waals surface area contributed by atoms with E-state index in [1.54, 1.807) is 18.2 Å². The molecule has 0 heterocycles. The Labute approximate surface area is 168 Å². The van der Waals surface area contributed by atoms with Gasteiger partial charge in [-0.25, -0.2) is 13.2 Å². The average molecular weight is 417 g/mol. The number of benzene rings is 2. The van der Waals surface area contributed by atoms with Crippen LogP contribution in [0.5, 0.6) is 0 Å². The predicted octanol–water partition coefficient (Wildman–Crippen LogP) is 1.92. The molecule has 0 unspecified atom stereocenters. The summed E-state index contributed by atoms with van der Waals surface area (Å²) in [6.07, 6.45) is -1.16. The smallest absolute Gasteiger partial charge is 0.338 e. The first-order valence-electron chi connectivity index (χ1n) is 8.34. The van der Waals surface area contributed by atoms with Crippen molar-refractivity contribution in [1.29, 1.82) is 5.26 Å². The lowest BCUT2D eigenvalue weighted by molar-refractivity contribution is -0.123. The van der Waals surface area contributed by atoms with Gasteiger partial charge in [0.15, 0.2) is 6.10 Å². The summed E-state index contributed by atoms with van der Waals surface area (Å²) in [6, 6.07) is 13.4. The normalized spacial score (nSPS) is 12.1. The highest BCUT2D eigenvalue weighted by Gasteiger charge is 2.24. The Kier molecular flexibility index (Phi) is 7.06. The maximum atomic E-state index is 12.3. The van der Waals surface area contributed by atoms with Gasteiger partial charge >= 0.3 is 5.97 Å². The number of sulfonamides is 1. The summed E-state index contributed by atoms with van der Waals surface area (Å²) < 4.78 is 30.4. The van der Waals surface area contributed by atoms with Crippen molar-refractivity contribution in [3.8, 4) is 6.07 Å². The molecule has 1 N–H and O–H groups in total. The van der Waals surface area contributed by atoms with Gasteiger partial charge in [-0.1, -0.05) is 16.6 Å². The van der Waals surface area contributed by atoms with Crippen molar-refractivity contribution < 1.29 is 27.6 Å². The van der Waals surface area contributed by atoms with E-state index in [0.29, 0.717) is 15.7 Å². The molecule has 10 heteroatoms. The summed E-state index contributed by atoms with van der Waals surface area (Å²) >= 11 is 0. The number of ether oxygens (including phenoxy) is 1. The largest absolute Gasteiger partial charge is 0.449 e. The minimum Gasteiger partial charge on any atom is -0.449 e. The third kappa shape index (κ3) is 5.39. The quantitative estimate of drug-likeness (QED) is 0.539. The van der Waals surface area contributed by atoms with Crippen molar-refractivity contribution in [3.63, 3.8) is 0 Å². The van der Waals surface area contributed by atoms with E-state index in [2.05, 4.69) is 5.32 Å². The van der Waals surface area contributed by atoms with Crippen LogP contribution >= 0.6 is 0 Å². The van der Waals surface area contributed by atoms with Crippen LogP contribution in [0.2, 0.25) is 0 Å². The molecule has 2 aromatic rings. The number of anilines is 1. The molecule has 0 aliphatic rings. The summed E-state index contributed by atoms with van der Waals surface area (Å²) in [5, 5.41) is 11.4. The second kappa shape index (κ2) is 9.29. The number of nitrogens with zero attached hydrogens (tertiary/aromatic N) is 2. The van der Waals surface area contributed by atoms with E-state index < -0.39 is 28.0 Å². The number of carbonyl (C=O) groups is 2. The Morgan fingerprint density at radius 3 is 2.52 bits per heavy atom. The molecule has 0 aliphatic heterocycles. The molecule has 0 fully saturated rings. The molecule has 2 aromatic carbocycles. The van der Waals surface area contributed by atoms with Crippen LogP contribution < -0.4 is 5.32 Å². The Balaban J connectivity index is 2.10. The molecular weight excluding hydrogens is 398 g/mol. The standard InChI is InChI=1S/C19H19N3O6S/c1-13(18(23)21-16-8-4-6-14(10-16)12-20)28-19(24)15-7-5-9-17(11-15)29(25,26)22(2)27-3/h4-11,13H,1-3H3,(H,21,23)/t13-/m0/s1. The van der Waals surface area contributed by atoms with Crippen LogP contribution in [0.3, 0.4) is 0 Å². The average Bonchev–Trinajstić information content (AvgIpc) is 2.73. The van der Waals surface area contributed by atoms with Gasteiger partial charge in [-0.15, -0.1) is 0 Å². The number of amides is 1. The minimum atomic E-state index is -3.94. The first kappa shape index (κ1) is 22.0. The summed E-state index contributed by atoms with van der Waals surface area (Å²) in [7, 11) is -1.53. The molecule has 9 nitrogen and oxygen atoms in total. The number of hydrogen-bond donors (Lipinski definition) is 1. The monoisotopic (exact) mass is 417 g/mol. The van der Waals surface area contributed by atoms with Crippen molar-refractivity contribution in [2.75, 3.05) is 19.5 Å². The van der Waals surface area contributed by atoms with E-state index in [0.717, 1.165) is 6.07 Å². The first-order chi connectivity index (χ1) is 13.7. The highest BCUT2D eigenvalue weighted by Crippen LogP contribution is 2.17. The van der Waals surface area contributed by atoms with Gasteiger partial charge in [-0.05, 0) is 43.3 Å². The lowest BCUT2D eigenvalue weighted by Crippen LogP contribution is -2.30. The topological polar surface area (TPSA) is 126 Å². The van der Waals surface area contributed by atoms with Gasteiger partial charge < -0.3 is 10.1 Å². The summed E-state index contributed by atoms with van der Waals surface area (Å²) in [5.41, 5.74) is 0.709. The van der Waals surface area contributed by atoms with E-state index in [9.17, 15) is 18.0 Å². The molecule has 1 atom stereocenters. The number of esters is 1. The zero-order valence-electron chi connectivity index (χ0n) is 15.9. The predicted molar refractivity (Wildman–Crippen MR) is 103 cm³/mol. The summed E-state index contributed by atoms with van der Waals surface area (Å²) in [6.45, 7) is 1.38. The molecule has 0 aliphatic carbocycles. The zero-order valence-corrected chi connectivity index (χ0v) is 16.8. The van der Waals surface area contributed by atoms with Crippen molar-refractivity contribution in [3.05, 3.63) is 59.7 Å². The fourth-order valence-corrected chi connectivity index (χ4v) is 3.24. The van der Waals surface area contributed by atoms with Crippen molar-refractivity contribution in [2.24, 2.45) is 0 Å². The molecule has 0 radical (unpaired) electrons. The van der Waals surface area contributed by atoms with Crippen LogP contribution in [-0.2, 0) is 24.4 Å². The first-order valence-corrected chi connectivity index (χ1v) is 9.78.